The van der Waals surface area contributed by atoms with E-state index in [1.807, 2.05) is 0 Å². The van der Waals surface area contributed by atoms with Crippen molar-refractivity contribution in [3.63, 3.8) is 0 Å². The number of aromatic hydroxyl groups is 3. The standard InChI is InChI=1S/C15H13NO6/c17-10-5-12(18)11(13(19)6-10)7-14(20)16-9-3-1-2-8(4-9)15(21)22/h1-6,17-19H,7H2,(H,16,20)(H,21,22). The predicted octanol–water partition coefficient (Wildman–Crippen LogP) is 1.68. The van der Waals surface area contributed by atoms with Crippen molar-refractivity contribution < 1.29 is 30.0 Å². The summed E-state index contributed by atoms with van der Waals surface area (Å²) >= 11 is 0. The molecule has 2 aromatic carbocycles. The number of phenolic OH excluding ortho intramolecular Hbond substituents is 3. The van der Waals surface area contributed by atoms with Crippen molar-refractivity contribution in [2.75, 3.05) is 5.32 Å². The van der Waals surface area contributed by atoms with Crippen molar-refractivity contribution in [2.45, 2.75) is 6.42 Å². The first-order chi connectivity index (χ1) is 10.4. The molecule has 2 rings (SSSR count). The van der Waals surface area contributed by atoms with Gasteiger partial charge in [0.05, 0.1) is 12.0 Å². The molecule has 0 saturated carbocycles. The summed E-state index contributed by atoms with van der Waals surface area (Å²) in [4.78, 5) is 22.8. The second kappa shape index (κ2) is 6.04. The monoisotopic (exact) mass is 303 g/mol. The lowest BCUT2D eigenvalue weighted by Crippen LogP contribution is -2.15. The molecule has 0 bridgehead atoms. The summed E-state index contributed by atoms with van der Waals surface area (Å²) in [5.74, 6) is -2.82. The Morgan fingerprint density at radius 1 is 1.00 bits per heavy atom. The van der Waals surface area contributed by atoms with Gasteiger partial charge in [-0.05, 0) is 18.2 Å². The number of hydrogen-bond donors (Lipinski definition) is 5. The van der Waals surface area contributed by atoms with Gasteiger partial charge in [-0.2, -0.15) is 0 Å². The third-order valence-electron chi connectivity index (χ3n) is 2.92. The number of carboxylic acid groups (broad SMARTS) is 1. The highest BCUT2D eigenvalue weighted by atomic mass is 16.4. The fraction of sp³-hybridized carbons (Fsp3) is 0.0667. The summed E-state index contributed by atoms with van der Waals surface area (Å²) in [5.41, 5.74) is 0.264. The van der Waals surface area contributed by atoms with Crippen molar-refractivity contribution in [1.29, 1.82) is 0 Å². The zero-order chi connectivity index (χ0) is 16.3. The van der Waals surface area contributed by atoms with Crippen LogP contribution in [0.15, 0.2) is 36.4 Å². The molecule has 0 atom stereocenters. The van der Waals surface area contributed by atoms with E-state index in [9.17, 15) is 24.9 Å². The first-order valence-corrected chi connectivity index (χ1v) is 6.24. The van der Waals surface area contributed by atoms with Crippen molar-refractivity contribution in [3.05, 3.63) is 47.5 Å². The van der Waals surface area contributed by atoms with E-state index >= 15 is 0 Å². The molecule has 5 N–H and O–H groups in total. The fourth-order valence-corrected chi connectivity index (χ4v) is 1.90. The van der Waals surface area contributed by atoms with Crippen LogP contribution in [0.5, 0.6) is 17.2 Å². The summed E-state index contributed by atoms with van der Waals surface area (Å²) in [5, 5.41) is 39.8. The number of hydrogen-bond acceptors (Lipinski definition) is 5. The van der Waals surface area contributed by atoms with Crippen LogP contribution in [0.4, 0.5) is 5.69 Å². The van der Waals surface area contributed by atoms with Crippen LogP contribution in [0, 0.1) is 0 Å². The van der Waals surface area contributed by atoms with E-state index in [1.165, 1.54) is 24.3 Å². The number of carboxylic acids is 1. The molecule has 0 spiro atoms. The quantitative estimate of drug-likeness (QED) is 0.585. The zero-order valence-corrected chi connectivity index (χ0v) is 11.3. The SMILES string of the molecule is O=C(Cc1c(O)cc(O)cc1O)Nc1cccc(C(=O)O)c1. The Morgan fingerprint density at radius 2 is 1.64 bits per heavy atom. The number of aromatic carboxylic acids is 1. The second-order valence-corrected chi connectivity index (χ2v) is 4.57. The van der Waals surface area contributed by atoms with Gasteiger partial charge in [0.25, 0.3) is 0 Å². The van der Waals surface area contributed by atoms with Gasteiger partial charge in [0.2, 0.25) is 5.91 Å². The Hall–Kier alpha value is -3.22. The van der Waals surface area contributed by atoms with Gasteiger partial charge in [-0.1, -0.05) is 6.07 Å². The summed E-state index contributed by atoms with van der Waals surface area (Å²) in [6, 6.07) is 7.68. The molecule has 7 heteroatoms. The van der Waals surface area contributed by atoms with Crippen LogP contribution in [0.2, 0.25) is 0 Å². The van der Waals surface area contributed by atoms with Crippen LogP contribution in [0.3, 0.4) is 0 Å². The van der Waals surface area contributed by atoms with Crippen LogP contribution in [-0.4, -0.2) is 32.3 Å². The molecular weight excluding hydrogens is 290 g/mol. The maximum Gasteiger partial charge on any atom is 0.335 e. The van der Waals surface area contributed by atoms with E-state index in [2.05, 4.69) is 5.32 Å². The Balaban J connectivity index is 2.14. The maximum atomic E-state index is 11.9. The van der Waals surface area contributed by atoms with Crippen LogP contribution in [-0.2, 0) is 11.2 Å². The molecule has 0 radical (unpaired) electrons. The lowest BCUT2D eigenvalue weighted by atomic mass is 10.1. The largest absolute Gasteiger partial charge is 0.508 e. The van der Waals surface area contributed by atoms with E-state index in [4.69, 9.17) is 5.11 Å². The van der Waals surface area contributed by atoms with Gasteiger partial charge in [-0.25, -0.2) is 4.79 Å². The number of amides is 1. The molecule has 0 fully saturated rings. The minimum atomic E-state index is -1.12. The van der Waals surface area contributed by atoms with Crippen LogP contribution in [0.25, 0.3) is 0 Å². The first-order valence-electron chi connectivity index (χ1n) is 6.24. The minimum Gasteiger partial charge on any atom is -0.508 e. The van der Waals surface area contributed by atoms with Gasteiger partial charge in [0.1, 0.15) is 17.2 Å². The second-order valence-electron chi connectivity index (χ2n) is 4.57. The smallest absolute Gasteiger partial charge is 0.335 e. The molecule has 0 aromatic heterocycles. The minimum absolute atomic E-state index is 0.0214. The predicted molar refractivity (Wildman–Crippen MR) is 77.2 cm³/mol. The third kappa shape index (κ3) is 3.45. The molecule has 0 aliphatic carbocycles. The normalized spacial score (nSPS) is 10.2. The molecule has 0 unspecified atom stereocenters. The molecule has 0 heterocycles. The van der Waals surface area contributed by atoms with E-state index < -0.39 is 23.4 Å². The molecule has 0 aliphatic rings. The summed E-state index contributed by atoms with van der Waals surface area (Å²) < 4.78 is 0. The fourth-order valence-electron chi connectivity index (χ4n) is 1.90. The maximum absolute atomic E-state index is 11.9. The summed E-state index contributed by atoms with van der Waals surface area (Å²) in [6.45, 7) is 0. The average Bonchev–Trinajstić information content (AvgIpc) is 2.43. The van der Waals surface area contributed by atoms with Crippen molar-refractivity contribution in [3.8, 4) is 17.2 Å². The molecular formula is C15H13NO6. The van der Waals surface area contributed by atoms with E-state index in [0.29, 0.717) is 0 Å². The van der Waals surface area contributed by atoms with Crippen LogP contribution >= 0.6 is 0 Å². The number of nitrogens with one attached hydrogen (secondary N) is 1. The van der Waals surface area contributed by atoms with E-state index in [-0.39, 0.29) is 29.0 Å². The van der Waals surface area contributed by atoms with Gasteiger partial charge in [-0.15, -0.1) is 0 Å². The van der Waals surface area contributed by atoms with Crippen molar-refractivity contribution in [2.24, 2.45) is 0 Å². The summed E-state index contributed by atoms with van der Waals surface area (Å²) in [7, 11) is 0. The third-order valence-corrected chi connectivity index (χ3v) is 2.92. The Bertz CT molecular complexity index is 718. The number of benzene rings is 2. The number of anilines is 1. The highest BCUT2D eigenvalue weighted by Crippen LogP contribution is 2.32. The van der Waals surface area contributed by atoms with Crippen molar-refractivity contribution >= 4 is 17.6 Å². The topological polar surface area (TPSA) is 127 Å². The lowest BCUT2D eigenvalue weighted by molar-refractivity contribution is -0.115. The molecule has 0 aliphatic heterocycles. The number of carbonyl (C=O) groups is 2. The number of carbonyl (C=O) groups excluding carboxylic acids is 1. The van der Waals surface area contributed by atoms with Gasteiger partial charge in [-0.3, -0.25) is 4.79 Å². The van der Waals surface area contributed by atoms with Gasteiger partial charge < -0.3 is 25.7 Å². The van der Waals surface area contributed by atoms with Crippen LogP contribution < -0.4 is 5.32 Å². The Labute approximate surface area is 125 Å². The first kappa shape index (κ1) is 15.2. The molecule has 2 aromatic rings. The van der Waals surface area contributed by atoms with E-state index in [1.54, 1.807) is 0 Å². The number of rotatable bonds is 4. The summed E-state index contributed by atoms with van der Waals surface area (Å²) in [6.07, 6.45) is -0.338. The van der Waals surface area contributed by atoms with Crippen molar-refractivity contribution in [1.82, 2.24) is 0 Å². The molecule has 7 nitrogen and oxygen atoms in total. The van der Waals surface area contributed by atoms with Crippen LogP contribution in [0.1, 0.15) is 15.9 Å². The Kier molecular flexibility index (Phi) is 4.17. The zero-order valence-electron chi connectivity index (χ0n) is 11.3. The highest BCUT2D eigenvalue weighted by Gasteiger charge is 2.14. The molecule has 22 heavy (non-hydrogen) atoms. The van der Waals surface area contributed by atoms with E-state index in [0.717, 1.165) is 12.1 Å². The lowest BCUT2D eigenvalue weighted by Gasteiger charge is -2.09. The van der Waals surface area contributed by atoms with Gasteiger partial charge in [0.15, 0.2) is 0 Å². The average molecular weight is 303 g/mol. The van der Waals surface area contributed by atoms with Gasteiger partial charge >= 0.3 is 5.97 Å². The molecule has 1 amide bonds. The van der Waals surface area contributed by atoms with Gasteiger partial charge in [0, 0.05) is 23.4 Å². The highest BCUT2D eigenvalue weighted by molar-refractivity contribution is 5.95. The molecule has 0 saturated heterocycles. The number of phenols is 3. The Morgan fingerprint density at radius 3 is 2.23 bits per heavy atom. The molecule has 114 valence electrons.